The Morgan fingerprint density at radius 3 is 1.32 bits per heavy atom. The topological polar surface area (TPSA) is 232 Å². The summed E-state index contributed by atoms with van der Waals surface area (Å²) in [5.41, 5.74) is 8.52. The number of halogens is 13. The maximum Gasteiger partial charge on any atom is 0.494 e. The molecule has 15 rings (SSSR count). The first-order valence-electron chi connectivity index (χ1n) is 32.8. The van der Waals surface area contributed by atoms with E-state index >= 15 is 4.39 Å². The van der Waals surface area contributed by atoms with Gasteiger partial charge < -0.3 is 34.4 Å². The molecule has 0 radical (unpaired) electrons. The summed E-state index contributed by atoms with van der Waals surface area (Å²) >= 11 is 39.7. The monoisotopic (exact) mass is 1850 g/mol. The van der Waals surface area contributed by atoms with Gasteiger partial charge in [-0.15, -0.1) is 0 Å². The molecule has 0 spiro atoms. The predicted octanol–water partition coefficient (Wildman–Crippen LogP) is 17.2. The molecule has 5 aliphatic heterocycles. The Morgan fingerprint density at radius 1 is 0.486 bits per heavy atom. The zero-order valence-corrected chi connectivity index (χ0v) is 68.1. The molecule has 5 aliphatic rings. The van der Waals surface area contributed by atoms with Crippen LogP contribution >= 0.6 is 126 Å². The third-order valence-corrected chi connectivity index (χ3v) is 21.0. The number of benzene rings is 4. The fourth-order valence-corrected chi connectivity index (χ4v) is 14.6. The van der Waals surface area contributed by atoms with E-state index in [0.717, 1.165) is 44.3 Å². The number of hydrogen-bond acceptors (Lipinski definition) is 15. The van der Waals surface area contributed by atoms with Crippen LogP contribution in [0.15, 0.2) is 169 Å². The number of aliphatic carboxylic acids is 1. The number of rotatable bonds is 10. The van der Waals surface area contributed by atoms with Crippen molar-refractivity contribution in [3.05, 3.63) is 258 Å². The van der Waals surface area contributed by atoms with Crippen molar-refractivity contribution in [1.82, 2.24) is 39.9 Å². The fraction of sp³-hybridized carbons (Fsp3) is 0.243. The molecule has 0 bridgehead atoms. The van der Waals surface area contributed by atoms with E-state index in [1.54, 1.807) is 91.6 Å². The van der Waals surface area contributed by atoms with Crippen LogP contribution in [-0.2, 0) is 79.9 Å². The van der Waals surface area contributed by atoms with E-state index in [0.29, 0.717) is 120 Å². The van der Waals surface area contributed by atoms with Crippen LogP contribution in [0.4, 0.5) is 40.3 Å². The van der Waals surface area contributed by atoms with E-state index < -0.39 is 35.9 Å². The van der Waals surface area contributed by atoms with E-state index in [-0.39, 0.29) is 70.5 Å². The van der Waals surface area contributed by atoms with Crippen LogP contribution in [0, 0.1) is 23.3 Å². The zero-order valence-electron chi connectivity index (χ0n) is 57.1. The maximum absolute atomic E-state index is 15.1. The van der Waals surface area contributed by atoms with Gasteiger partial charge in [-0.1, -0.05) is 109 Å². The van der Waals surface area contributed by atoms with Crippen molar-refractivity contribution in [1.29, 1.82) is 0 Å². The Hall–Kier alpha value is -7.42. The van der Waals surface area contributed by atoms with Gasteiger partial charge in [0.2, 0.25) is 17.7 Å². The molecule has 554 valence electrons. The molecule has 10 aromatic rings. The van der Waals surface area contributed by atoms with Gasteiger partial charge in [0.05, 0.1) is 65.3 Å². The van der Waals surface area contributed by atoms with Gasteiger partial charge in [-0.25, -0.2) is 57.4 Å². The summed E-state index contributed by atoms with van der Waals surface area (Å²) in [4.78, 5) is 84.3. The van der Waals surface area contributed by atoms with E-state index in [1.165, 1.54) is 45.2 Å². The molecular formula is C74H62BBr5Cl4F4N12O7. The van der Waals surface area contributed by atoms with Crippen LogP contribution in [-0.4, -0.2) is 113 Å². The number of pyridine rings is 4. The Bertz CT molecular complexity index is 4960. The quantitative estimate of drug-likeness (QED) is 0.0426. The molecular weight excluding hydrogens is 1800 g/mol. The lowest BCUT2D eigenvalue weighted by Gasteiger charge is -2.32. The average molecular weight is 1860 g/mol. The van der Waals surface area contributed by atoms with Gasteiger partial charge in [0.15, 0.2) is 9.47 Å². The summed E-state index contributed by atoms with van der Waals surface area (Å²) in [5.74, 6) is -2.93. The zero-order chi connectivity index (χ0) is 77.0. The molecule has 4 aromatic carbocycles. The Labute approximate surface area is 675 Å². The lowest BCUT2D eigenvalue weighted by Crippen LogP contribution is -2.41. The van der Waals surface area contributed by atoms with Crippen LogP contribution < -0.4 is 25.5 Å². The molecule has 6 aromatic heterocycles. The molecule has 0 atom stereocenters. The highest BCUT2D eigenvalue weighted by molar-refractivity contribution is 9.11. The first-order valence-corrected chi connectivity index (χ1v) is 38.2. The fourth-order valence-electron chi connectivity index (χ4n) is 11.8. The maximum atomic E-state index is 15.1. The Morgan fingerprint density at radius 2 is 0.888 bits per heavy atom. The van der Waals surface area contributed by atoms with Crippen LogP contribution in [0.25, 0.3) is 11.3 Å². The normalized spacial score (nSPS) is 14.3. The molecule has 0 unspecified atom stereocenters. The Kier molecular flexibility index (Phi) is 28.3. The highest BCUT2D eigenvalue weighted by Gasteiger charge is 2.52. The van der Waals surface area contributed by atoms with Crippen molar-refractivity contribution in [3.8, 4) is 11.3 Å². The summed E-state index contributed by atoms with van der Waals surface area (Å²) < 4.78 is 72.5. The first-order chi connectivity index (χ1) is 50.9. The van der Waals surface area contributed by atoms with Gasteiger partial charge in [0.25, 0.3) is 0 Å². The summed E-state index contributed by atoms with van der Waals surface area (Å²) in [7, 11) is -0.640. The standard InChI is InChI=1S/C21H23BClFN2O3.C19H13BrClFN4O.C15H11BrClFN2O.C8H7BrFN.C7H6ClNO2.C4H2Br2N2/c1-20(2)21(3,4)29-22(28-20)15-10-13-7-9-26(18(13)16(24)12-15)17(27)11-14-6-5-8-25-19(14)23;20-19-24-6-3-15(25-19)13-8-11-4-7-26(17(11)14(22)9-13)16(27)10-12-2-1-5-23-18(12)21;16-11-6-9-3-5-20(14(9)12(18)8-11)13(21)7-10-2-1-4-19-15(10)17;9-6-3-5-1-2-11-8(5)7(10)4-6;8-7-5(4-6(10)11)2-1-3-9-7;5-3-1-2-7-4(6)8-3/h5-6,8,10,12H,7,9,11H2,1-4H3;1-3,5-6,8-9H,4,7,10H2;1-2,4,6,8H,3,5,7H2;3-4,11H,1-2H2;1-3H,4H2,(H,10,11);1-2H. The van der Waals surface area contributed by atoms with Crippen molar-refractivity contribution in [3.63, 3.8) is 0 Å². The number of carboxylic acids is 1. The number of carbonyl (C=O) groups is 4. The summed E-state index contributed by atoms with van der Waals surface area (Å²) in [6, 6.07) is 30.4. The minimum absolute atomic E-state index is 0.0739. The number of nitrogens with zero attached hydrogens (tertiary/aromatic N) is 11. The minimum Gasteiger partial charge on any atom is -0.481 e. The van der Waals surface area contributed by atoms with E-state index in [1.807, 2.05) is 52.0 Å². The van der Waals surface area contributed by atoms with Gasteiger partial charge in [-0.05, 0) is 224 Å². The Balaban J connectivity index is 0.000000145. The molecule has 11 heterocycles. The average Bonchev–Trinajstić information content (AvgIpc) is 1.61. The molecule has 19 nitrogen and oxygen atoms in total. The molecule has 33 heteroatoms. The van der Waals surface area contributed by atoms with Crippen LogP contribution in [0.2, 0.25) is 20.6 Å². The summed E-state index contributed by atoms with van der Waals surface area (Å²) in [5, 5.41) is 12.5. The van der Waals surface area contributed by atoms with E-state index in [2.05, 4.69) is 125 Å². The molecule has 0 saturated carbocycles. The van der Waals surface area contributed by atoms with Crippen LogP contribution in [0.1, 0.15) is 72.2 Å². The lowest BCUT2D eigenvalue weighted by molar-refractivity contribution is -0.136. The summed E-state index contributed by atoms with van der Waals surface area (Å²) in [6.07, 6.45) is 12.4. The second-order valence-electron chi connectivity index (χ2n) is 25.2. The number of fused-ring (bicyclic) bond motifs is 4. The van der Waals surface area contributed by atoms with Crippen LogP contribution in [0.3, 0.4) is 0 Å². The highest BCUT2D eigenvalue weighted by Crippen LogP contribution is 2.40. The minimum atomic E-state index is -0.903. The second-order valence-corrected chi connectivity index (χ2v) is 30.7. The molecule has 1 saturated heterocycles. The van der Waals surface area contributed by atoms with Gasteiger partial charge in [-0.3, -0.25) is 19.2 Å². The number of nitrogens with one attached hydrogen (secondary N) is 1. The van der Waals surface area contributed by atoms with Gasteiger partial charge >= 0.3 is 13.1 Å². The molecule has 2 N–H and O–H groups in total. The third kappa shape index (κ3) is 21.1. The third-order valence-electron chi connectivity index (χ3n) is 17.5. The largest absolute Gasteiger partial charge is 0.494 e. The molecule has 1 fully saturated rings. The van der Waals surface area contributed by atoms with Gasteiger partial charge in [0, 0.05) is 83.4 Å². The van der Waals surface area contributed by atoms with E-state index in [9.17, 15) is 32.3 Å². The number of carboxylic acid groups (broad SMARTS) is 1. The van der Waals surface area contributed by atoms with Crippen LogP contribution in [0.5, 0.6) is 0 Å². The number of carbonyl (C=O) groups excluding carboxylic acids is 3. The van der Waals surface area contributed by atoms with E-state index in [4.69, 9.17) is 60.8 Å². The highest BCUT2D eigenvalue weighted by atomic mass is 79.9. The second kappa shape index (κ2) is 36.9. The van der Waals surface area contributed by atoms with Crippen molar-refractivity contribution >= 4 is 185 Å². The SMILES string of the molecule is Brc1ccnc(Br)n1.CC1(C)OB(c2cc(F)c3c(c2)CCN3C(=O)Cc2cccnc2Cl)OC1(C)C.Fc1cc(Br)cc2c1NCC2.O=C(Cc1cccnc1Cl)N1CCc2cc(-c3ccnc(Br)n3)cc(F)c21.O=C(Cc1cccnc1Cl)N1CCc2cc(Br)cc(F)c21.O=C(O)Cc1cccnc1Cl. The number of amides is 3. The smallest absolute Gasteiger partial charge is 0.481 e. The molecule has 0 aliphatic carbocycles. The number of aromatic nitrogens is 8. The lowest BCUT2D eigenvalue weighted by atomic mass is 9.78. The van der Waals surface area contributed by atoms with Gasteiger partial charge in [-0.2, -0.15) is 0 Å². The predicted molar refractivity (Wildman–Crippen MR) is 423 cm³/mol. The number of anilines is 4. The summed E-state index contributed by atoms with van der Waals surface area (Å²) in [6.45, 7) is 10.0. The first kappa shape index (κ1) is 82.1. The van der Waals surface area contributed by atoms with Crippen molar-refractivity contribution in [2.45, 2.75) is 90.3 Å². The van der Waals surface area contributed by atoms with Crippen molar-refractivity contribution < 1.29 is 51.2 Å². The number of hydrogen-bond donors (Lipinski definition) is 2. The van der Waals surface area contributed by atoms with Gasteiger partial charge in [0.1, 0.15) is 48.5 Å². The van der Waals surface area contributed by atoms with Crippen molar-refractivity contribution in [2.75, 3.05) is 46.2 Å². The molecule has 107 heavy (non-hydrogen) atoms. The van der Waals surface area contributed by atoms with Crippen molar-refractivity contribution in [2.24, 2.45) is 0 Å². The molecule has 3 amide bonds.